The summed E-state index contributed by atoms with van der Waals surface area (Å²) in [6, 6.07) is 4.93. The minimum Gasteiger partial charge on any atom is -0.368 e. The van der Waals surface area contributed by atoms with Crippen LogP contribution in [-0.2, 0) is 10.3 Å². The molecule has 0 saturated carbocycles. The highest BCUT2D eigenvalue weighted by Crippen LogP contribution is 2.21. The highest BCUT2D eigenvalue weighted by Gasteiger charge is 2.20. The molecule has 1 amide bonds. The third kappa shape index (κ3) is 3.59. The van der Waals surface area contributed by atoms with Crippen molar-refractivity contribution in [1.82, 2.24) is 9.78 Å². The summed E-state index contributed by atoms with van der Waals surface area (Å²) in [4.78, 5) is 11.6. The second-order valence-electron chi connectivity index (χ2n) is 5.88. The van der Waals surface area contributed by atoms with E-state index in [1.165, 1.54) is 24.3 Å². The van der Waals surface area contributed by atoms with E-state index in [4.69, 9.17) is 5.73 Å². The Morgan fingerprint density at radius 1 is 1.33 bits per heavy atom. The maximum Gasteiger partial charge on any atom is 0.244 e. The molecule has 21 heavy (non-hydrogen) atoms. The molecule has 2 aromatic rings. The van der Waals surface area contributed by atoms with Gasteiger partial charge in [-0.25, -0.2) is 4.39 Å². The fourth-order valence-electron chi connectivity index (χ4n) is 1.90. The number of hydrogen-bond acceptors (Lipinski definition) is 3. The Kier molecular flexibility index (Phi) is 3.97. The van der Waals surface area contributed by atoms with Crippen molar-refractivity contribution in [2.75, 3.05) is 5.32 Å². The average molecular weight is 290 g/mol. The van der Waals surface area contributed by atoms with E-state index in [9.17, 15) is 9.18 Å². The van der Waals surface area contributed by atoms with Crippen LogP contribution in [0.4, 0.5) is 10.1 Å². The Bertz CT molecular complexity index is 628. The van der Waals surface area contributed by atoms with Crippen LogP contribution in [-0.4, -0.2) is 15.7 Å². The number of benzene rings is 1. The molecule has 0 radical (unpaired) electrons. The lowest BCUT2D eigenvalue weighted by Crippen LogP contribution is -2.27. The van der Waals surface area contributed by atoms with Crippen LogP contribution in [0.2, 0.25) is 0 Å². The minimum atomic E-state index is -0.733. The van der Waals surface area contributed by atoms with Crippen molar-refractivity contribution in [3.05, 3.63) is 48.0 Å². The number of carbonyl (C=O) groups is 1. The lowest BCUT2D eigenvalue weighted by Gasteiger charge is -2.19. The minimum absolute atomic E-state index is 0.155. The molecule has 1 heterocycles. The molecule has 1 aromatic carbocycles. The van der Waals surface area contributed by atoms with Crippen LogP contribution in [0.3, 0.4) is 0 Å². The third-order valence-electron chi connectivity index (χ3n) is 3.07. The normalized spacial score (nSPS) is 13.0. The SMILES string of the molecule is CC(C)(C)n1cc(N[C@@H](C(N)=O)c2ccc(F)cc2)cn1. The zero-order valence-electron chi connectivity index (χ0n) is 12.3. The number of primary amides is 1. The zero-order chi connectivity index (χ0) is 15.6. The molecule has 6 heteroatoms. The summed E-state index contributed by atoms with van der Waals surface area (Å²) in [6.07, 6.45) is 3.43. The molecular weight excluding hydrogens is 271 g/mol. The average Bonchev–Trinajstić information content (AvgIpc) is 2.85. The molecule has 0 spiro atoms. The number of nitrogens with one attached hydrogen (secondary N) is 1. The molecular formula is C15H19FN4O. The molecule has 0 unspecified atom stereocenters. The van der Waals surface area contributed by atoms with Crippen LogP contribution < -0.4 is 11.1 Å². The molecule has 3 N–H and O–H groups in total. The Morgan fingerprint density at radius 3 is 2.43 bits per heavy atom. The van der Waals surface area contributed by atoms with Gasteiger partial charge in [-0.05, 0) is 38.5 Å². The Labute approximate surface area is 123 Å². The molecule has 1 atom stereocenters. The number of nitrogens with zero attached hydrogens (tertiary/aromatic N) is 2. The van der Waals surface area contributed by atoms with Gasteiger partial charge < -0.3 is 11.1 Å². The third-order valence-corrected chi connectivity index (χ3v) is 3.07. The number of hydrogen-bond donors (Lipinski definition) is 2. The molecule has 5 nitrogen and oxygen atoms in total. The van der Waals surface area contributed by atoms with Gasteiger partial charge in [-0.1, -0.05) is 12.1 Å². The Hall–Kier alpha value is -2.37. The van der Waals surface area contributed by atoms with Crippen LogP contribution >= 0.6 is 0 Å². The van der Waals surface area contributed by atoms with E-state index < -0.39 is 11.9 Å². The summed E-state index contributed by atoms with van der Waals surface area (Å²) < 4.78 is 14.8. The van der Waals surface area contributed by atoms with Crippen LogP contribution in [0.15, 0.2) is 36.7 Å². The van der Waals surface area contributed by atoms with E-state index in [2.05, 4.69) is 10.4 Å². The topological polar surface area (TPSA) is 72.9 Å². The molecule has 0 aliphatic heterocycles. The number of nitrogens with two attached hydrogens (primary N) is 1. The first-order chi connectivity index (χ1) is 9.77. The Balaban J connectivity index is 2.23. The van der Waals surface area contributed by atoms with Crippen molar-refractivity contribution in [2.24, 2.45) is 5.73 Å². The van der Waals surface area contributed by atoms with Gasteiger partial charge in [0.15, 0.2) is 0 Å². The van der Waals surface area contributed by atoms with Gasteiger partial charge in [0.25, 0.3) is 0 Å². The van der Waals surface area contributed by atoms with Crippen LogP contribution in [0, 0.1) is 5.82 Å². The van der Waals surface area contributed by atoms with E-state index in [0.29, 0.717) is 11.3 Å². The number of halogens is 1. The van der Waals surface area contributed by atoms with Gasteiger partial charge in [-0.2, -0.15) is 5.10 Å². The van der Waals surface area contributed by atoms with Gasteiger partial charge >= 0.3 is 0 Å². The summed E-state index contributed by atoms with van der Waals surface area (Å²) in [5, 5.41) is 7.28. The first kappa shape index (κ1) is 15.0. The molecule has 0 fully saturated rings. The molecule has 1 aromatic heterocycles. The molecule has 0 aliphatic carbocycles. The maximum absolute atomic E-state index is 13.0. The van der Waals surface area contributed by atoms with E-state index in [1.54, 1.807) is 17.1 Å². The monoisotopic (exact) mass is 290 g/mol. The lowest BCUT2D eigenvalue weighted by atomic mass is 10.1. The van der Waals surface area contributed by atoms with E-state index in [1.807, 2.05) is 20.8 Å². The number of aromatic nitrogens is 2. The fraction of sp³-hybridized carbons (Fsp3) is 0.333. The molecule has 2 rings (SSSR count). The first-order valence-electron chi connectivity index (χ1n) is 6.64. The molecule has 0 bridgehead atoms. The lowest BCUT2D eigenvalue weighted by molar-refractivity contribution is -0.118. The fourth-order valence-corrected chi connectivity index (χ4v) is 1.90. The van der Waals surface area contributed by atoms with Gasteiger partial charge in [0.1, 0.15) is 11.9 Å². The number of amides is 1. The molecule has 112 valence electrons. The van der Waals surface area contributed by atoms with Gasteiger partial charge in [-0.3, -0.25) is 9.48 Å². The van der Waals surface area contributed by atoms with E-state index >= 15 is 0 Å². The summed E-state index contributed by atoms with van der Waals surface area (Å²) in [5.41, 5.74) is 6.55. The van der Waals surface area contributed by atoms with E-state index in [0.717, 1.165) is 0 Å². The summed E-state index contributed by atoms with van der Waals surface area (Å²) in [6.45, 7) is 6.07. The maximum atomic E-state index is 13.0. The Morgan fingerprint density at radius 2 is 1.95 bits per heavy atom. The van der Waals surface area contributed by atoms with E-state index in [-0.39, 0.29) is 11.4 Å². The number of anilines is 1. The van der Waals surface area contributed by atoms with Crippen molar-refractivity contribution in [3.8, 4) is 0 Å². The van der Waals surface area contributed by atoms with Crippen molar-refractivity contribution in [1.29, 1.82) is 0 Å². The van der Waals surface area contributed by atoms with Crippen molar-refractivity contribution >= 4 is 11.6 Å². The van der Waals surface area contributed by atoms with Gasteiger partial charge in [0.05, 0.1) is 17.4 Å². The second kappa shape index (κ2) is 5.55. The molecule has 0 saturated heterocycles. The summed E-state index contributed by atoms with van der Waals surface area (Å²) in [5.74, 6) is -0.896. The van der Waals surface area contributed by atoms with Crippen LogP contribution in [0.25, 0.3) is 0 Å². The van der Waals surface area contributed by atoms with Gasteiger partial charge in [0.2, 0.25) is 5.91 Å². The second-order valence-corrected chi connectivity index (χ2v) is 5.88. The predicted octanol–water partition coefficient (Wildman–Crippen LogP) is 2.42. The van der Waals surface area contributed by atoms with Crippen molar-refractivity contribution in [2.45, 2.75) is 32.4 Å². The van der Waals surface area contributed by atoms with Gasteiger partial charge in [0, 0.05) is 6.20 Å². The number of rotatable bonds is 4. The zero-order valence-corrected chi connectivity index (χ0v) is 12.3. The highest BCUT2D eigenvalue weighted by atomic mass is 19.1. The van der Waals surface area contributed by atoms with Gasteiger partial charge in [-0.15, -0.1) is 0 Å². The largest absolute Gasteiger partial charge is 0.368 e. The quantitative estimate of drug-likeness (QED) is 0.908. The summed E-state index contributed by atoms with van der Waals surface area (Å²) in [7, 11) is 0. The van der Waals surface area contributed by atoms with Crippen LogP contribution in [0.1, 0.15) is 32.4 Å². The van der Waals surface area contributed by atoms with Crippen LogP contribution in [0.5, 0.6) is 0 Å². The predicted molar refractivity (Wildman–Crippen MR) is 79.2 cm³/mol. The molecule has 0 aliphatic rings. The number of carbonyl (C=O) groups excluding carboxylic acids is 1. The first-order valence-corrected chi connectivity index (χ1v) is 6.64. The standard InChI is InChI=1S/C15H19FN4O/c1-15(2,3)20-9-12(8-18-20)19-13(14(17)21)10-4-6-11(16)7-5-10/h4-9,13,19H,1-3H3,(H2,17,21)/t13-/m1/s1. The van der Waals surface area contributed by atoms with Crippen molar-refractivity contribution < 1.29 is 9.18 Å². The van der Waals surface area contributed by atoms with Crippen molar-refractivity contribution in [3.63, 3.8) is 0 Å². The highest BCUT2D eigenvalue weighted by molar-refractivity contribution is 5.84. The summed E-state index contributed by atoms with van der Waals surface area (Å²) >= 11 is 0. The smallest absolute Gasteiger partial charge is 0.244 e.